The molecule has 0 fully saturated rings. The van der Waals surface area contributed by atoms with Gasteiger partial charge in [0.15, 0.2) is 0 Å². The number of carbonyl (C=O) groups is 1. The summed E-state index contributed by atoms with van der Waals surface area (Å²) < 4.78 is 0. The summed E-state index contributed by atoms with van der Waals surface area (Å²) in [6, 6.07) is 6.52. The number of carboxylic acids is 1. The van der Waals surface area contributed by atoms with E-state index in [-0.39, 0.29) is 48.0 Å². The number of aliphatic carboxylic acids is 1. The van der Waals surface area contributed by atoms with E-state index < -0.39 is 11.9 Å². The summed E-state index contributed by atoms with van der Waals surface area (Å²) in [5.41, 5.74) is 1.62. The molecule has 0 saturated heterocycles. The zero-order valence-corrected chi connectivity index (χ0v) is 13.8. The molecule has 2 N–H and O–H groups in total. The second-order valence-corrected chi connectivity index (χ2v) is 4.45. The van der Waals surface area contributed by atoms with Crippen LogP contribution >= 0.6 is 0 Å². The molecule has 104 valence electrons. The van der Waals surface area contributed by atoms with Gasteiger partial charge in [0, 0.05) is 17.9 Å². The molecule has 0 unspecified atom stereocenters. The van der Waals surface area contributed by atoms with Crippen LogP contribution in [0.25, 0.3) is 10.9 Å². The minimum atomic E-state index is -1.04. The summed E-state index contributed by atoms with van der Waals surface area (Å²) in [4.78, 5) is 28.3. The van der Waals surface area contributed by atoms with Crippen molar-refractivity contribution in [2.24, 2.45) is 4.99 Å². The number of carboxylic acid groups (broad SMARTS) is 1. The summed E-state index contributed by atoms with van der Waals surface area (Å²) in [5.74, 6) is -1.53. The van der Waals surface area contributed by atoms with Crippen molar-refractivity contribution in [2.75, 3.05) is 0 Å². The van der Waals surface area contributed by atoms with E-state index in [1.807, 2.05) is 6.92 Å². The third-order valence-corrected chi connectivity index (χ3v) is 2.84. The number of rotatable bonds is 4. The van der Waals surface area contributed by atoms with Crippen molar-refractivity contribution in [1.29, 1.82) is 0 Å². The molecule has 2 rings (SSSR count). The Morgan fingerprint density at radius 2 is 2.05 bits per heavy atom. The monoisotopic (exact) mass is 296 g/mol. The van der Waals surface area contributed by atoms with E-state index in [0.29, 0.717) is 11.2 Å². The molecule has 0 saturated carbocycles. The standard InChI is InChI=1S/C14H14N2O4.Na/c1-8-6-13(18)16-11-7-9(2-3-10(8)11)15-12(17)4-5-14(19)20;/h2-3,6-7H,4-5H2,1H3,(H,15,17)(H,16,18)(H,19,20);/q;+1/p-1. The van der Waals surface area contributed by atoms with E-state index in [1.165, 1.54) is 6.07 Å². The van der Waals surface area contributed by atoms with Gasteiger partial charge in [-0.25, -0.2) is 0 Å². The zero-order valence-electron chi connectivity index (χ0n) is 11.8. The van der Waals surface area contributed by atoms with Crippen LogP contribution in [0.5, 0.6) is 0 Å². The predicted molar refractivity (Wildman–Crippen MR) is 73.3 cm³/mol. The summed E-state index contributed by atoms with van der Waals surface area (Å²) in [5, 5.41) is 20.9. The molecule has 0 bridgehead atoms. The summed E-state index contributed by atoms with van der Waals surface area (Å²) in [6.07, 6.45) is -0.385. The van der Waals surface area contributed by atoms with Crippen LogP contribution in [-0.4, -0.2) is 22.0 Å². The van der Waals surface area contributed by atoms with Gasteiger partial charge in [0.1, 0.15) is 0 Å². The maximum absolute atomic E-state index is 11.5. The van der Waals surface area contributed by atoms with Crippen LogP contribution in [0.3, 0.4) is 0 Å². The number of benzene rings is 1. The predicted octanol–water partition coefficient (Wildman–Crippen LogP) is -1.90. The molecule has 0 aliphatic heterocycles. The number of pyridine rings is 1. The first-order chi connectivity index (χ1) is 9.45. The maximum atomic E-state index is 11.5. The number of H-pyrrole nitrogens is 1. The second kappa shape index (κ2) is 7.40. The first kappa shape index (κ1) is 17.4. The molecular weight excluding hydrogens is 283 g/mol. The summed E-state index contributed by atoms with van der Waals surface area (Å²) in [7, 11) is 0. The number of aromatic amines is 1. The number of aliphatic imine (C=N–C) groups is 1. The smallest absolute Gasteiger partial charge is 0.862 e. The van der Waals surface area contributed by atoms with E-state index in [2.05, 4.69) is 9.98 Å². The van der Waals surface area contributed by atoms with Crippen LogP contribution in [0.15, 0.2) is 34.1 Å². The van der Waals surface area contributed by atoms with Crippen molar-refractivity contribution in [3.05, 3.63) is 40.2 Å². The van der Waals surface area contributed by atoms with Gasteiger partial charge in [0.25, 0.3) is 0 Å². The molecule has 21 heavy (non-hydrogen) atoms. The molecule has 0 aliphatic rings. The van der Waals surface area contributed by atoms with Crippen molar-refractivity contribution in [3.63, 3.8) is 0 Å². The number of nitrogens with zero attached hydrogens (tertiary/aromatic N) is 1. The van der Waals surface area contributed by atoms with Gasteiger partial charge in [0.2, 0.25) is 5.56 Å². The number of hydrogen-bond donors (Lipinski definition) is 2. The largest absolute Gasteiger partial charge is 1.00 e. The third-order valence-electron chi connectivity index (χ3n) is 2.84. The third kappa shape index (κ3) is 4.70. The molecule has 0 atom stereocenters. The molecule has 1 aromatic carbocycles. The Morgan fingerprint density at radius 3 is 2.71 bits per heavy atom. The van der Waals surface area contributed by atoms with Crippen LogP contribution in [0.4, 0.5) is 5.69 Å². The normalized spacial score (nSPS) is 11.2. The average Bonchev–Trinajstić information content (AvgIpc) is 2.35. The molecule has 1 aromatic heterocycles. The fourth-order valence-corrected chi connectivity index (χ4v) is 1.91. The molecule has 1 heterocycles. The van der Waals surface area contributed by atoms with Crippen molar-refractivity contribution in [2.45, 2.75) is 19.8 Å². The fraction of sp³-hybridized carbons (Fsp3) is 0.214. The first-order valence-corrected chi connectivity index (χ1v) is 6.06. The number of aromatic nitrogens is 1. The van der Waals surface area contributed by atoms with Gasteiger partial charge in [-0.05, 0) is 36.9 Å². The number of aryl methyl sites for hydroxylation is 1. The minimum Gasteiger partial charge on any atom is -0.862 e. The molecule has 0 aliphatic carbocycles. The van der Waals surface area contributed by atoms with Crippen LogP contribution in [-0.2, 0) is 4.79 Å². The summed E-state index contributed by atoms with van der Waals surface area (Å²) >= 11 is 0. The Bertz CT molecular complexity index is 752. The molecule has 6 nitrogen and oxygen atoms in total. The molecule has 0 radical (unpaired) electrons. The Hall–Kier alpha value is -1.63. The Balaban J connectivity index is 0.00000220. The van der Waals surface area contributed by atoms with E-state index in [4.69, 9.17) is 5.11 Å². The molecular formula is C14H13N2NaO4. The van der Waals surface area contributed by atoms with E-state index >= 15 is 0 Å². The van der Waals surface area contributed by atoms with Gasteiger partial charge in [-0.2, -0.15) is 0 Å². The van der Waals surface area contributed by atoms with Crippen LogP contribution in [0.2, 0.25) is 0 Å². The fourth-order valence-electron chi connectivity index (χ4n) is 1.91. The van der Waals surface area contributed by atoms with E-state index in [1.54, 1.807) is 18.2 Å². The Labute approximate surface area is 142 Å². The first-order valence-electron chi connectivity index (χ1n) is 6.06. The van der Waals surface area contributed by atoms with Crippen molar-refractivity contribution < 1.29 is 44.6 Å². The number of fused-ring (bicyclic) bond motifs is 1. The van der Waals surface area contributed by atoms with Crippen molar-refractivity contribution in [3.8, 4) is 0 Å². The van der Waals surface area contributed by atoms with Crippen molar-refractivity contribution >= 4 is 28.5 Å². The van der Waals surface area contributed by atoms with Gasteiger partial charge in [-0.15, -0.1) is 0 Å². The second-order valence-electron chi connectivity index (χ2n) is 4.45. The van der Waals surface area contributed by atoms with Crippen molar-refractivity contribution in [1.82, 2.24) is 4.98 Å². The van der Waals surface area contributed by atoms with Gasteiger partial charge in [0.05, 0.1) is 11.2 Å². The van der Waals surface area contributed by atoms with Gasteiger partial charge in [-0.1, -0.05) is 6.07 Å². The van der Waals surface area contributed by atoms with Crippen LogP contribution < -0.4 is 40.2 Å². The Kier molecular flexibility index (Phi) is 6.14. The van der Waals surface area contributed by atoms with Crippen LogP contribution in [0, 0.1) is 6.92 Å². The maximum Gasteiger partial charge on any atom is 1.00 e. The average molecular weight is 296 g/mol. The van der Waals surface area contributed by atoms with E-state index in [0.717, 1.165) is 10.9 Å². The van der Waals surface area contributed by atoms with E-state index in [9.17, 15) is 14.7 Å². The molecule has 2 aromatic rings. The topological polar surface area (TPSA) is 106 Å². The molecule has 0 spiro atoms. The molecule has 7 heteroatoms. The SMILES string of the molecule is Cc1cc(=O)[nH]c2cc(N=C([O-])CCC(=O)O)ccc12.[Na+]. The van der Waals surface area contributed by atoms with Gasteiger partial charge in [-0.3, -0.25) is 14.6 Å². The van der Waals surface area contributed by atoms with Crippen LogP contribution in [0.1, 0.15) is 18.4 Å². The summed E-state index contributed by atoms with van der Waals surface area (Å²) in [6.45, 7) is 1.83. The Morgan fingerprint density at radius 1 is 1.33 bits per heavy atom. The quantitative estimate of drug-likeness (QED) is 0.390. The van der Waals surface area contributed by atoms with Gasteiger partial charge < -0.3 is 15.2 Å². The van der Waals surface area contributed by atoms with Gasteiger partial charge >= 0.3 is 35.5 Å². The number of nitrogens with one attached hydrogen (secondary N) is 1. The molecule has 0 amide bonds. The zero-order chi connectivity index (χ0) is 14.7. The minimum absolute atomic E-state index is 0. The number of hydrogen-bond acceptors (Lipinski definition) is 4.